The summed E-state index contributed by atoms with van der Waals surface area (Å²) in [5, 5.41) is 0. The predicted octanol–water partition coefficient (Wildman–Crippen LogP) is 2.61. The van der Waals surface area contributed by atoms with Gasteiger partial charge < -0.3 is 0 Å². The van der Waals surface area contributed by atoms with Gasteiger partial charge in [0.2, 0.25) is 0 Å². The van der Waals surface area contributed by atoms with Crippen molar-refractivity contribution < 1.29 is 4.79 Å². The molecular weight excluding hydrogens is 124 g/mol. The summed E-state index contributed by atoms with van der Waals surface area (Å²) >= 11 is 0. The molecule has 59 valence electrons. The standard InChI is InChI=1S/C9H17O/c1-4-8(2)6-5-7-9(3)10/h8H,3-7H2,1-2H3. The lowest BCUT2D eigenvalue weighted by molar-refractivity contribution is -0.115. The molecule has 0 fully saturated rings. The van der Waals surface area contributed by atoms with Gasteiger partial charge in [0.25, 0.3) is 0 Å². The van der Waals surface area contributed by atoms with Gasteiger partial charge in [-0.2, -0.15) is 0 Å². The molecule has 0 N–H and O–H groups in total. The van der Waals surface area contributed by atoms with Crippen molar-refractivity contribution >= 4 is 5.78 Å². The summed E-state index contributed by atoms with van der Waals surface area (Å²) < 4.78 is 0. The molecule has 0 aliphatic rings. The Morgan fingerprint density at radius 3 is 2.60 bits per heavy atom. The summed E-state index contributed by atoms with van der Waals surface area (Å²) in [4.78, 5) is 10.4. The number of rotatable bonds is 5. The normalized spacial score (nSPS) is 13.1. The van der Waals surface area contributed by atoms with E-state index in [9.17, 15) is 4.79 Å². The summed E-state index contributed by atoms with van der Waals surface area (Å²) in [6.07, 6.45) is 4.05. The van der Waals surface area contributed by atoms with Gasteiger partial charge >= 0.3 is 0 Å². The first-order valence-corrected chi connectivity index (χ1v) is 4.01. The monoisotopic (exact) mass is 141 g/mol. The largest absolute Gasteiger partial charge is 0.300 e. The molecule has 0 bridgehead atoms. The van der Waals surface area contributed by atoms with Gasteiger partial charge in [-0.15, -0.1) is 0 Å². The molecule has 0 aliphatic carbocycles. The quantitative estimate of drug-likeness (QED) is 0.575. The number of Topliss-reactive ketones (excluding diaryl/α,β-unsaturated/α-hetero) is 1. The van der Waals surface area contributed by atoms with Gasteiger partial charge in [-0.25, -0.2) is 0 Å². The Labute approximate surface area is 63.8 Å². The average Bonchev–Trinajstić information content (AvgIpc) is 1.87. The van der Waals surface area contributed by atoms with Crippen LogP contribution in [0.4, 0.5) is 0 Å². The van der Waals surface area contributed by atoms with Gasteiger partial charge in [-0.3, -0.25) is 4.79 Å². The third kappa shape index (κ3) is 5.80. The number of hydrogen-bond acceptors (Lipinski definition) is 1. The zero-order valence-corrected chi connectivity index (χ0v) is 7.02. The number of ketones is 1. The van der Waals surface area contributed by atoms with Gasteiger partial charge in [0, 0.05) is 13.3 Å². The average molecular weight is 141 g/mol. The van der Waals surface area contributed by atoms with Crippen LogP contribution in [-0.4, -0.2) is 5.78 Å². The molecule has 1 radical (unpaired) electrons. The van der Waals surface area contributed by atoms with E-state index in [0.29, 0.717) is 6.42 Å². The van der Waals surface area contributed by atoms with E-state index in [1.165, 1.54) is 6.42 Å². The van der Waals surface area contributed by atoms with Crippen molar-refractivity contribution in [2.45, 2.75) is 39.5 Å². The molecule has 0 rings (SSSR count). The molecule has 0 aromatic rings. The molecule has 0 saturated carbocycles. The van der Waals surface area contributed by atoms with Gasteiger partial charge in [0.15, 0.2) is 0 Å². The second kappa shape index (κ2) is 5.45. The van der Waals surface area contributed by atoms with Crippen molar-refractivity contribution in [1.29, 1.82) is 0 Å². The van der Waals surface area contributed by atoms with E-state index in [2.05, 4.69) is 20.8 Å². The maximum absolute atomic E-state index is 10.4. The van der Waals surface area contributed by atoms with E-state index in [1.807, 2.05) is 0 Å². The lowest BCUT2D eigenvalue weighted by Gasteiger charge is -2.05. The van der Waals surface area contributed by atoms with Gasteiger partial charge in [0.1, 0.15) is 5.78 Å². The van der Waals surface area contributed by atoms with Crippen LogP contribution in [0.5, 0.6) is 0 Å². The molecule has 0 aromatic carbocycles. The summed E-state index contributed by atoms with van der Waals surface area (Å²) in [5.74, 6) is 0.836. The maximum Gasteiger partial charge on any atom is 0.133 e. The summed E-state index contributed by atoms with van der Waals surface area (Å²) in [6, 6.07) is 0. The molecule has 0 spiro atoms. The zero-order valence-electron chi connectivity index (χ0n) is 7.02. The number of hydrogen-bond donors (Lipinski definition) is 0. The Kier molecular flexibility index (Phi) is 5.27. The van der Waals surface area contributed by atoms with Crippen molar-refractivity contribution in [2.75, 3.05) is 0 Å². The minimum atomic E-state index is 0.0725. The Morgan fingerprint density at radius 2 is 2.20 bits per heavy atom. The Balaban J connectivity index is 3.11. The van der Waals surface area contributed by atoms with Crippen molar-refractivity contribution in [2.24, 2.45) is 5.92 Å². The van der Waals surface area contributed by atoms with Gasteiger partial charge in [0.05, 0.1) is 0 Å². The van der Waals surface area contributed by atoms with Crippen LogP contribution in [0.3, 0.4) is 0 Å². The SMILES string of the molecule is [CH2]C(=O)CCCC(C)CC. The fraction of sp³-hybridized carbons (Fsp3) is 0.778. The van der Waals surface area contributed by atoms with Crippen LogP contribution in [0, 0.1) is 12.8 Å². The first-order chi connectivity index (χ1) is 4.66. The zero-order chi connectivity index (χ0) is 7.98. The second-order valence-corrected chi connectivity index (χ2v) is 2.94. The van der Waals surface area contributed by atoms with Crippen LogP contribution in [0.1, 0.15) is 39.5 Å². The minimum Gasteiger partial charge on any atom is -0.300 e. The highest BCUT2D eigenvalue weighted by Gasteiger charge is 1.99. The van der Waals surface area contributed by atoms with Crippen LogP contribution in [0.2, 0.25) is 0 Å². The summed E-state index contributed by atoms with van der Waals surface area (Å²) in [7, 11) is 0. The van der Waals surface area contributed by atoms with Crippen molar-refractivity contribution in [3.8, 4) is 0 Å². The number of carbonyl (C=O) groups excluding carboxylic acids is 1. The summed E-state index contributed by atoms with van der Waals surface area (Å²) in [6.45, 7) is 7.72. The highest BCUT2D eigenvalue weighted by atomic mass is 16.1. The Bertz CT molecular complexity index is 96.9. The number of carbonyl (C=O) groups is 1. The third-order valence-corrected chi connectivity index (χ3v) is 1.85. The lowest BCUT2D eigenvalue weighted by atomic mass is 10.0. The van der Waals surface area contributed by atoms with Crippen LogP contribution >= 0.6 is 0 Å². The molecule has 1 heteroatoms. The Hall–Kier alpha value is -0.330. The van der Waals surface area contributed by atoms with E-state index in [1.54, 1.807) is 0 Å². The van der Waals surface area contributed by atoms with Gasteiger partial charge in [-0.05, 0) is 12.3 Å². The topological polar surface area (TPSA) is 17.1 Å². The van der Waals surface area contributed by atoms with E-state index in [4.69, 9.17) is 0 Å². The smallest absolute Gasteiger partial charge is 0.133 e. The molecule has 1 nitrogen and oxygen atoms in total. The predicted molar refractivity (Wildman–Crippen MR) is 43.7 cm³/mol. The molecular formula is C9H17O. The fourth-order valence-corrected chi connectivity index (χ4v) is 0.852. The molecule has 10 heavy (non-hydrogen) atoms. The van der Waals surface area contributed by atoms with E-state index >= 15 is 0 Å². The van der Waals surface area contributed by atoms with Crippen molar-refractivity contribution in [3.05, 3.63) is 6.92 Å². The first-order valence-electron chi connectivity index (χ1n) is 4.01. The van der Waals surface area contributed by atoms with Crippen LogP contribution in [-0.2, 0) is 4.79 Å². The molecule has 0 aromatic heterocycles. The van der Waals surface area contributed by atoms with Crippen LogP contribution < -0.4 is 0 Å². The Morgan fingerprint density at radius 1 is 1.60 bits per heavy atom. The van der Waals surface area contributed by atoms with E-state index in [-0.39, 0.29) is 5.78 Å². The van der Waals surface area contributed by atoms with Crippen molar-refractivity contribution in [3.63, 3.8) is 0 Å². The minimum absolute atomic E-state index is 0.0725. The molecule has 0 heterocycles. The lowest BCUT2D eigenvalue weighted by Crippen LogP contribution is -1.95. The second-order valence-electron chi connectivity index (χ2n) is 2.94. The van der Waals surface area contributed by atoms with Crippen LogP contribution in [0.25, 0.3) is 0 Å². The molecule has 0 amide bonds. The highest BCUT2D eigenvalue weighted by Crippen LogP contribution is 2.10. The van der Waals surface area contributed by atoms with E-state index in [0.717, 1.165) is 18.8 Å². The summed E-state index contributed by atoms with van der Waals surface area (Å²) in [5.41, 5.74) is 0. The fourth-order valence-electron chi connectivity index (χ4n) is 0.852. The molecule has 0 aliphatic heterocycles. The third-order valence-electron chi connectivity index (χ3n) is 1.85. The maximum atomic E-state index is 10.4. The van der Waals surface area contributed by atoms with Gasteiger partial charge in [-0.1, -0.05) is 26.7 Å². The molecule has 1 atom stereocenters. The highest BCUT2D eigenvalue weighted by molar-refractivity contribution is 5.82. The van der Waals surface area contributed by atoms with Crippen molar-refractivity contribution in [1.82, 2.24) is 0 Å². The van der Waals surface area contributed by atoms with E-state index < -0.39 is 0 Å². The first kappa shape index (κ1) is 9.67. The molecule has 1 unspecified atom stereocenters. The molecule has 0 saturated heterocycles. The van der Waals surface area contributed by atoms with Crippen LogP contribution in [0.15, 0.2) is 0 Å².